The van der Waals surface area contributed by atoms with Crippen LogP contribution in [0.4, 0.5) is 5.00 Å². The molecule has 0 aliphatic heterocycles. The molecule has 172 valence electrons. The van der Waals surface area contributed by atoms with Crippen LogP contribution in [-0.4, -0.2) is 17.6 Å². The summed E-state index contributed by atoms with van der Waals surface area (Å²) >= 11 is 1.29. The third-order valence-corrected chi connectivity index (χ3v) is 6.89. The first-order valence-corrected chi connectivity index (χ1v) is 11.7. The SMILES string of the molecule is COc1ccc(-c2csc(NC(=O)C(C)n3c(=O)cc(C)c4cc(C)cc(C)c43)c2C#N)cc1. The molecule has 6 nitrogen and oxygen atoms in total. The number of hydrogen-bond donors (Lipinski definition) is 1. The van der Waals surface area contributed by atoms with Crippen LogP contribution in [0, 0.1) is 32.1 Å². The number of hydrogen-bond acceptors (Lipinski definition) is 5. The van der Waals surface area contributed by atoms with Crippen molar-refractivity contribution < 1.29 is 9.53 Å². The highest BCUT2D eigenvalue weighted by Crippen LogP contribution is 2.36. The van der Waals surface area contributed by atoms with Crippen molar-refractivity contribution in [3.63, 3.8) is 0 Å². The van der Waals surface area contributed by atoms with Gasteiger partial charge in [-0.2, -0.15) is 5.26 Å². The van der Waals surface area contributed by atoms with E-state index in [4.69, 9.17) is 4.74 Å². The number of amides is 1. The summed E-state index contributed by atoms with van der Waals surface area (Å²) in [5, 5.41) is 16.0. The predicted molar refractivity (Wildman–Crippen MR) is 137 cm³/mol. The Hall–Kier alpha value is -3.89. The summed E-state index contributed by atoms with van der Waals surface area (Å²) in [6, 6.07) is 14.5. The van der Waals surface area contributed by atoms with E-state index in [0.29, 0.717) is 10.6 Å². The summed E-state index contributed by atoms with van der Waals surface area (Å²) in [5.41, 5.74) is 5.42. The lowest BCUT2D eigenvalue weighted by molar-refractivity contribution is -0.118. The molecule has 0 aliphatic carbocycles. The number of anilines is 1. The van der Waals surface area contributed by atoms with E-state index in [0.717, 1.165) is 44.5 Å². The van der Waals surface area contributed by atoms with Crippen LogP contribution in [0.1, 0.15) is 35.2 Å². The molecule has 2 aromatic carbocycles. The Balaban J connectivity index is 1.71. The summed E-state index contributed by atoms with van der Waals surface area (Å²) in [4.78, 5) is 26.3. The Morgan fingerprint density at radius 3 is 2.47 bits per heavy atom. The predicted octanol–water partition coefficient (Wildman–Crippen LogP) is 5.74. The lowest BCUT2D eigenvalue weighted by atomic mass is 10.0. The van der Waals surface area contributed by atoms with Crippen LogP contribution in [0.15, 0.2) is 52.6 Å². The summed E-state index contributed by atoms with van der Waals surface area (Å²) in [6.07, 6.45) is 0. The number of fused-ring (bicyclic) bond motifs is 1. The number of benzene rings is 2. The van der Waals surface area contributed by atoms with Crippen LogP contribution in [-0.2, 0) is 4.79 Å². The Kier molecular flexibility index (Phi) is 6.27. The fourth-order valence-electron chi connectivity index (χ4n) is 4.29. The van der Waals surface area contributed by atoms with Crippen molar-refractivity contribution in [1.82, 2.24) is 4.57 Å². The average Bonchev–Trinajstić information content (AvgIpc) is 3.21. The van der Waals surface area contributed by atoms with Crippen LogP contribution in [0.25, 0.3) is 22.0 Å². The molecule has 7 heteroatoms. The van der Waals surface area contributed by atoms with Gasteiger partial charge in [0, 0.05) is 22.4 Å². The van der Waals surface area contributed by atoms with E-state index in [2.05, 4.69) is 11.4 Å². The number of aryl methyl sites for hydroxylation is 3. The van der Waals surface area contributed by atoms with Gasteiger partial charge in [-0.25, -0.2) is 0 Å². The summed E-state index contributed by atoms with van der Waals surface area (Å²) in [6.45, 7) is 7.57. The Bertz CT molecular complexity index is 1510. The van der Waals surface area contributed by atoms with Gasteiger partial charge in [0.2, 0.25) is 5.91 Å². The van der Waals surface area contributed by atoms with Crippen molar-refractivity contribution in [2.24, 2.45) is 0 Å². The summed E-state index contributed by atoms with van der Waals surface area (Å²) in [5.74, 6) is 0.368. The van der Waals surface area contributed by atoms with E-state index in [9.17, 15) is 14.9 Å². The average molecular weight is 472 g/mol. The monoisotopic (exact) mass is 471 g/mol. The minimum absolute atomic E-state index is 0.231. The number of nitrogens with one attached hydrogen (secondary N) is 1. The molecule has 0 radical (unpaired) electrons. The summed E-state index contributed by atoms with van der Waals surface area (Å²) < 4.78 is 6.74. The molecule has 4 aromatic rings. The Morgan fingerprint density at radius 1 is 1.12 bits per heavy atom. The fraction of sp³-hybridized carbons (Fsp3) is 0.222. The van der Waals surface area contributed by atoms with Crippen molar-refractivity contribution in [1.29, 1.82) is 5.26 Å². The first kappa shape index (κ1) is 23.3. The van der Waals surface area contributed by atoms with Gasteiger partial charge in [0.15, 0.2) is 0 Å². The van der Waals surface area contributed by atoms with Gasteiger partial charge in [0.1, 0.15) is 22.9 Å². The number of pyridine rings is 1. The van der Waals surface area contributed by atoms with Crippen molar-refractivity contribution in [2.75, 3.05) is 12.4 Å². The van der Waals surface area contributed by atoms with Crippen molar-refractivity contribution in [3.05, 3.63) is 80.5 Å². The number of thiophene rings is 1. The zero-order chi connectivity index (χ0) is 24.6. The molecule has 0 bridgehead atoms. The minimum Gasteiger partial charge on any atom is -0.497 e. The van der Waals surface area contributed by atoms with Gasteiger partial charge in [-0.1, -0.05) is 23.8 Å². The van der Waals surface area contributed by atoms with Crippen LogP contribution in [0.3, 0.4) is 0 Å². The van der Waals surface area contributed by atoms with Gasteiger partial charge in [0.25, 0.3) is 5.56 Å². The van der Waals surface area contributed by atoms with Gasteiger partial charge in [0.05, 0.1) is 18.2 Å². The van der Waals surface area contributed by atoms with Gasteiger partial charge >= 0.3 is 0 Å². The zero-order valence-corrected chi connectivity index (χ0v) is 20.5. The third-order valence-electron chi connectivity index (χ3n) is 6.00. The number of rotatable bonds is 5. The van der Waals surface area contributed by atoms with E-state index in [1.807, 2.05) is 62.5 Å². The molecule has 1 atom stereocenters. The van der Waals surface area contributed by atoms with Crippen LogP contribution < -0.4 is 15.6 Å². The van der Waals surface area contributed by atoms with E-state index >= 15 is 0 Å². The van der Waals surface area contributed by atoms with E-state index in [1.165, 1.54) is 15.9 Å². The maximum atomic E-state index is 13.3. The first-order valence-electron chi connectivity index (χ1n) is 10.8. The molecule has 0 saturated carbocycles. The van der Waals surface area contributed by atoms with Crippen LogP contribution in [0.5, 0.6) is 5.75 Å². The van der Waals surface area contributed by atoms with Gasteiger partial charge in [-0.3, -0.25) is 14.2 Å². The first-order chi connectivity index (χ1) is 16.2. The summed E-state index contributed by atoms with van der Waals surface area (Å²) in [7, 11) is 1.60. The molecule has 34 heavy (non-hydrogen) atoms. The third kappa shape index (κ3) is 4.09. The maximum absolute atomic E-state index is 13.3. The maximum Gasteiger partial charge on any atom is 0.252 e. The van der Waals surface area contributed by atoms with Gasteiger partial charge in [-0.05, 0) is 62.6 Å². The highest BCUT2D eigenvalue weighted by atomic mass is 32.1. The zero-order valence-electron chi connectivity index (χ0n) is 19.7. The standard InChI is InChI=1S/C27H25N3O3S/c1-15-10-17(3)25-21(11-15)16(2)12-24(31)30(25)18(4)26(32)29-27-22(13-28)23(14-34-27)19-6-8-20(33-5)9-7-19/h6-12,14,18H,1-5H3,(H,29,32). The molecule has 1 N–H and O–H groups in total. The number of carbonyl (C=O) groups is 1. The molecule has 2 aromatic heterocycles. The van der Waals surface area contributed by atoms with E-state index in [1.54, 1.807) is 20.1 Å². The molecule has 0 saturated heterocycles. The minimum atomic E-state index is -0.768. The van der Waals surface area contributed by atoms with Crippen LogP contribution >= 0.6 is 11.3 Å². The molecular weight excluding hydrogens is 446 g/mol. The Labute approximate surface area is 202 Å². The lowest BCUT2D eigenvalue weighted by Crippen LogP contribution is -2.32. The topological polar surface area (TPSA) is 84.1 Å². The molecule has 1 amide bonds. The molecule has 4 rings (SSSR count). The molecule has 0 aliphatic rings. The quantitative estimate of drug-likeness (QED) is 0.403. The number of carbonyl (C=O) groups excluding carboxylic acids is 1. The second-order valence-electron chi connectivity index (χ2n) is 8.37. The highest BCUT2D eigenvalue weighted by molar-refractivity contribution is 7.15. The molecule has 0 spiro atoms. The van der Waals surface area contributed by atoms with Gasteiger partial charge < -0.3 is 10.1 Å². The van der Waals surface area contributed by atoms with Gasteiger partial charge in [-0.15, -0.1) is 11.3 Å². The van der Waals surface area contributed by atoms with E-state index < -0.39 is 6.04 Å². The lowest BCUT2D eigenvalue weighted by Gasteiger charge is -2.20. The van der Waals surface area contributed by atoms with Crippen molar-refractivity contribution in [2.45, 2.75) is 33.7 Å². The van der Waals surface area contributed by atoms with Crippen LogP contribution in [0.2, 0.25) is 0 Å². The smallest absolute Gasteiger partial charge is 0.252 e. The number of methoxy groups -OCH3 is 1. The Morgan fingerprint density at radius 2 is 1.82 bits per heavy atom. The highest BCUT2D eigenvalue weighted by Gasteiger charge is 2.23. The van der Waals surface area contributed by atoms with Crippen molar-refractivity contribution in [3.8, 4) is 22.9 Å². The number of aromatic nitrogens is 1. The second-order valence-corrected chi connectivity index (χ2v) is 9.25. The molecular formula is C27H25N3O3S. The number of nitriles is 1. The molecule has 0 fully saturated rings. The second kappa shape index (κ2) is 9.16. The number of ether oxygens (including phenoxy) is 1. The molecule has 2 heterocycles. The molecule has 1 unspecified atom stereocenters. The largest absolute Gasteiger partial charge is 0.497 e. The normalized spacial score (nSPS) is 11.8. The van der Waals surface area contributed by atoms with Crippen molar-refractivity contribution >= 4 is 33.1 Å². The van der Waals surface area contributed by atoms with E-state index in [-0.39, 0.29) is 11.5 Å². The number of nitrogens with zero attached hydrogens (tertiary/aromatic N) is 2. The fourth-order valence-corrected chi connectivity index (χ4v) is 5.21.